The average molecular weight is 678 g/mol. The molecule has 7 nitrogen and oxygen atoms in total. The molecule has 8 rings (SSSR count). The molecule has 0 aliphatic heterocycles. The van der Waals surface area contributed by atoms with Crippen LogP contribution in [0.5, 0.6) is 0 Å². The highest BCUT2D eigenvalue weighted by Gasteiger charge is 2.36. The molecule has 52 heavy (non-hydrogen) atoms. The predicted octanol–water partition coefficient (Wildman–Crippen LogP) is 9.92. The molecule has 242 valence electrons. The SMILES string of the molecule is N#Cc1cccc(-c2cc(-n3c4ccc(C#N)cc4c4cc(C#N)ccc43)c(-n3c4ccc(C#N)cc4c4cc(C#N)ccc43)cc2C(F)(F)F)c1. The van der Waals surface area contributed by atoms with Crippen LogP contribution in [0.1, 0.15) is 33.4 Å². The predicted molar refractivity (Wildman–Crippen MR) is 189 cm³/mol. The molecule has 6 aromatic carbocycles. The Labute approximate surface area is 293 Å². The first-order valence-electron chi connectivity index (χ1n) is 15.7. The molecule has 0 fully saturated rings. The Balaban J connectivity index is 1.61. The second-order valence-corrected chi connectivity index (χ2v) is 12.1. The highest BCUT2D eigenvalue weighted by Crippen LogP contribution is 2.45. The molecule has 0 saturated heterocycles. The minimum Gasteiger partial charge on any atom is -0.307 e. The van der Waals surface area contributed by atoms with Gasteiger partial charge < -0.3 is 9.13 Å². The minimum atomic E-state index is -4.84. The molecule has 0 spiro atoms. The first-order valence-corrected chi connectivity index (χ1v) is 15.7. The molecule has 10 heteroatoms. The molecule has 0 amide bonds. The normalized spacial score (nSPS) is 11.3. The minimum absolute atomic E-state index is 0.134. The Morgan fingerprint density at radius 2 is 0.788 bits per heavy atom. The smallest absolute Gasteiger partial charge is 0.307 e. The fraction of sp³-hybridized carbons (Fsp3) is 0.0238. The quantitative estimate of drug-likeness (QED) is 0.184. The number of benzene rings is 6. The summed E-state index contributed by atoms with van der Waals surface area (Å²) in [5.74, 6) is 0. The van der Waals surface area contributed by atoms with Crippen molar-refractivity contribution in [1.29, 1.82) is 26.3 Å². The molecular weight excluding hydrogens is 660 g/mol. The monoisotopic (exact) mass is 677 g/mol. The molecule has 0 saturated carbocycles. The molecule has 0 unspecified atom stereocenters. The zero-order chi connectivity index (χ0) is 36.3. The Morgan fingerprint density at radius 3 is 1.15 bits per heavy atom. The van der Waals surface area contributed by atoms with Crippen LogP contribution in [0, 0.1) is 56.7 Å². The number of rotatable bonds is 3. The lowest BCUT2D eigenvalue weighted by molar-refractivity contribution is -0.137. The van der Waals surface area contributed by atoms with Gasteiger partial charge in [-0.3, -0.25) is 0 Å². The molecule has 0 atom stereocenters. The van der Waals surface area contributed by atoms with E-state index >= 15 is 13.2 Å². The fourth-order valence-corrected chi connectivity index (χ4v) is 7.01. The van der Waals surface area contributed by atoms with E-state index in [-0.39, 0.29) is 22.4 Å². The number of fused-ring (bicyclic) bond motifs is 6. The summed E-state index contributed by atoms with van der Waals surface area (Å²) in [4.78, 5) is 0. The van der Waals surface area contributed by atoms with Crippen LogP contribution < -0.4 is 0 Å². The molecule has 2 heterocycles. The lowest BCUT2D eigenvalue weighted by atomic mass is 9.95. The zero-order valence-electron chi connectivity index (χ0n) is 26.7. The van der Waals surface area contributed by atoms with E-state index in [1.54, 1.807) is 77.4 Å². The van der Waals surface area contributed by atoms with Crippen molar-refractivity contribution in [3.05, 3.63) is 143 Å². The third-order valence-electron chi connectivity index (χ3n) is 9.25. The van der Waals surface area contributed by atoms with Crippen molar-refractivity contribution < 1.29 is 13.2 Å². The van der Waals surface area contributed by atoms with E-state index < -0.39 is 11.7 Å². The fourth-order valence-electron chi connectivity index (χ4n) is 7.01. The van der Waals surface area contributed by atoms with Crippen molar-refractivity contribution in [1.82, 2.24) is 9.13 Å². The molecule has 0 radical (unpaired) electrons. The summed E-state index contributed by atoms with van der Waals surface area (Å²) in [5.41, 5.74) is 3.24. The summed E-state index contributed by atoms with van der Waals surface area (Å²) in [6, 6.07) is 38.9. The van der Waals surface area contributed by atoms with E-state index in [0.717, 1.165) is 6.07 Å². The Kier molecular flexibility index (Phi) is 7.04. The van der Waals surface area contributed by atoms with Gasteiger partial charge >= 0.3 is 6.18 Å². The first kappa shape index (κ1) is 31.4. The van der Waals surface area contributed by atoms with Crippen molar-refractivity contribution in [2.45, 2.75) is 6.18 Å². The maximum absolute atomic E-state index is 15.3. The summed E-state index contributed by atoms with van der Waals surface area (Å²) < 4.78 is 49.4. The number of nitrogens with zero attached hydrogens (tertiary/aromatic N) is 7. The lowest BCUT2D eigenvalue weighted by Crippen LogP contribution is -2.12. The molecule has 2 aromatic heterocycles. The van der Waals surface area contributed by atoms with Gasteiger partial charge in [0, 0.05) is 21.5 Å². The molecule has 8 aromatic rings. The first-order chi connectivity index (χ1) is 25.2. The maximum atomic E-state index is 15.3. The molecule has 0 aliphatic carbocycles. The van der Waals surface area contributed by atoms with Gasteiger partial charge in [-0.15, -0.1) is 0 Å². The molecule has 0 bridgehead atoms. The van der Waals surface area contributed by atoms with Gasteiger partial charge in [-0.1, -0.05) is 12.1 Å². The number of halogens is 3. The number of hydrogen-bond donors (Lipinski definition) is 0. The maximum Gasteiger partial charge on any atom is 0.417 e. The van der Waals surface area contributed by atoms with Gasteiger partial charge in [0.25, 0.3) is 0 Å². The van der Waals surface area contributed by atoms with Crippen LogP contribution in [-0.4, -0.2) is 9.13 Å². The van der Waals surface area contributed by atoms with E-state index in [9.17, 15) is 26.3 Å². The molecule has 0 aliphatic rings. The van der Waals surface area contributed by atoms with E-state index in [1.807, 2.05) is 10.6 Å². The summed E-state index contributed by atoms with van der Waals surface area (Å²) >= 11 is 0. The van der Waals surface area contributed by atoms with Gasteiger partial charge in [0.05, 0.1) is 97.2 Å². The van der Waals surface area contributed by atoms with Gasteiger partial charge in [0.15, 0.2) is 0 Å². The standard InChI is InChI=1S/C42H18F3N7/c43-42(44,45)35-18-41(52-38-10-6-27(22-49)15-33(38)34-16-28(23-50)7-11-39(34)52)40(17-30(35)29-3-1-2-24(12-29)19-46)51-36-8-4-25(20-47)13-31(36)32-14-26(21-48)5-9-37(32)51/h1-18H. The van der Waals surface area contributed by atoms with Crippen molar-refractivity contribution in [2.24, 2.45) is 0 Å². The van der Waals surface area contributed by atoms with Crippen molar-refractivity contribution in [3.8, 4) is 52.8 Å². The zero-order valence-corrected chi connectivity index (χ0v) is 26.7. The highest BCUT2D eigenvalue weighted by molar-refractivity contribution is 6.12. The largest absolute Gasteiger partial charge is 0.417 e. The van der Waals surface area contributed by atoms with Crippen LogP contribution in [0.3, 0.4) is 0 Å². The van der Waals surface area contributed by atoms with Crippen molar-refractivity contribution >= 4 is 43.6 Å². The summed E-state index contributed by atoms with van der Waals surface area (Å²) in [6.45, 7) is 0. The third kappa shape index (κ3) is 4.79. The van der Waals surface area contributed by atoms with E-state index in [1.165, 1.54) is 30.3 Å². The van der Waals surface area contributed by atoms with Crippen LogP contribution in [0.15, 0.2) is 109 Å². The van der Waals surface area contributed by atoms with Crippen molar-refractivity contribution in [3.63, 3.8) is 0 Å². The third-order valence-corrected chi connectivity index (χ3v) is 9.25. The van der Waals surface area contributed by atoms with Crippen LogP contribution >= 0.6 is 0 Å². The van der Waals surface area contributed by atoms with Gasteiger partial charge in [-0.25, -0.2) is 0 Å². The number of aromatic nitrogens is 2. The summed E-state index contributed by atoms with van der Waals surface area (Å²) in [5, 5.41) is 51.0. The second-order valence-electron chi connectivity index (χ2n) is 12.1. The number of hydrogen-bond acceptors (Lipinski definition) is 5. The van der Waals surface area contributed by atoms with Crippen LogP contribution in [0.2, 0.25) is 0 Å². The van der Waals surface area contributed by atoms with Gasteiger partial charge in [-0.2, -0.15) is 39.5 Å². The Bertz CT molecular complexity index is 2930. The Hall–Kier alpha value is -7.84. The highest BCUT2D eigenvalue weighted by atomic mass is 19.4. The summed E-state index contributed by atoms with van der Waals surface area (Å²) in [7, 11) is 0. The number of nitriles is 5. The van der Waals surface area contributed by atoms with Gasteiger partial charge in [0.2, 0.25) is 0 Å². The van der Waals surface area contributed by atoms with Crippen LogP contribution in [-0.2, 0) is 6.18 Å². The van der Waals surface area contributed by atoms with Crippen molar-refractivity contribution in [2.75, 3.05) is 0 Å². The van der Waals surface area contributed by atoms with Crippen LogP contribution in [0.25, 0.3) is 66.1 Å². The van der Waals surface area contributed by atoms with Gasteiger partial charge in [0.1, 0.15) is 0 Å². The van der Waals surface area contributed by atoms with Gasteiger partial charge in [-0.05, 0) is 108 Å². The Morgan fingerprint density at radius 1 is 0.423 bits per heavy atom. The van der Waals surface area contributed by atoms with Crippen LogP contribution in [0.4, 0.5) is 13.2 Å². The number of alkyl halides is 3. The molecule has 0 N–H and O–H groups in total. The second kappa shape index (κ2) is 11.6. The lowest BCUT2D eigenvalue weighted by Gasteiger charge is -2.22. The molecular formula is C42H18F3N7. The van der Waals surface area contributed by atoms with E-state index in [4.69, 9.17) is 0 Å². The topological polar surface area (TPSA) is 129 Å². The summed E-state index contributed by atoms with van der Waals surface area (Å²) in [6.07, 6.45) is -4.84. The van der Waals surface area contributed by atoms with E-state index in [0.29, 0.717) is 71.6 Å². The average Bonchev–Trinajstić information content (AvgIpc) is 3.67. The van der Waals surface area contributed by atoms with E-state index in [2.05, 4.69) is 24.3 Å².